The number of para-hydroxylation sites is 1. The van der Waals surface area contributed by atoms with E-state index < -0.39 is 0 Å². The molecule has 26 heavy (non-hydrogen) atoms. The zero-order chi connectivity index (χ0) is 16.3. The number of amides is 1. The van der Waals surface area contributed by atoms with Gasteiger partial charge in [-0.05, 0) is 49.7 Å². The van der Waals surface area contributed by atoms with Crippen molar-refractivity contribution in [1.82, 2.24) is 9.88 Å². The van der Waals surface area contributed by atoms with Crippen LogP contribution in [0.2, 0.25) is 0 Å². The van der Waals surface area contributed by atoms with Gasteiger partial charge >= 0.3 is 0 Å². The van der Waals surface area contributed by atoms with Gasteiger partial charge in [-0.3, -0.25) is 9.78 Å². The number of hydrogen-bond acceptors (Lipinski definition) is 3. The summed E-state index contributed by atoms with van der Waals surface area (Å²) < 4.78 is 0. The molecule has 0 spiro atoms. The van der Waals surface area contributed by atoms with Crippen molar-refractivity contribution >= 4 is 41.6 Å². The average molecular weight is 394 g/mol. The van der Waals surface area contributed by atoms with Gasteiger partial charge in [-0.1, -0.05) is 18.2 Å². The fourth-order valence-corrected chi connectivity index (χ4v) is 4.60. The van der Waals surface area contributed by atoms with E-state index in [1.165, 1.54) is 19.3 Å². The molecule has 0 bridgehead atoms. The number of nitrogens with two attached hydrogens (primary N) is 1. The van der Waals surface area contributed by atoms with E-state index in [2.05, 4.69) is 6.07 Å². The third-order valence-corrected chi connectivity index (χ3v) is 6.16. The fraction of sp³-hybridized carbons (Fsp3) is 0.500. The standard InChI is InChI=1S/C20H23N3O.2ClH/c21-17-8-7-13-10-23(11-16(13)17)20(24)15-9-19(12-5-6-12)22-18-4-2-1-3-14(15)18;;/h1-4,9,12-13,16-17H,5-8,10-11,21H2;2*1H. The molecule has 6 heteroatoms. The van der Waals surface area contributed by atoms with E-state index in [4.69, 9.17) is 10.7 Å². The van der Waals surface area contributed by atoms with Gasteiger partial charge < -0.3 is 10.6 Å². The Kier molecular flexibility index (Phi) is 5.48. The Balaban J connectivity index is 0.000000980. The minimum atomic E-state index is 0. The first-order valence-electron chi connectivity index (χ1n) is 9.15. The Morgan fingerprint density at radius 3 is 2.58 bits per heavy atom. The zero-order valence-electron chi connectivity index (χ0n) is 14.6. The van der Waals surface area contributed by atoms with Crippen LogP contribution in [-0.4, -0.2) is 34.9 Å². The topological polar surface area (TPSA) is 59.2 Å². The van der Waals surface area contributed by atoms with Crippen molar-refractivity contribution in [2.45, 2.75) is 37.6 Å². The minimum absolute atomic E-state index is 0. The largest absolute Gasteiger partial charge is 0.338 e. The first-order valence-corrected chi connectivity index (χ1v) is 9.15. The van der Waals surface area contributed by atoms with Crippen molar-refractivity contribution in [3.05, 3.63) is 41.6 Å². The number of benzene rings is 1. The molecule has 2 aliphatic carbocycles. The lowest BCUT2D eigenvalue weighted by Gasteiger charge is -2.20. The van der Waals surface area contributed by atoms with Crippen molar-refractivity contribution in [3.63, 3.8) is 0 Å². The molecule has 1 saturated heterocycles. The molecular weight excluding hydrogens is 369 g/mol. The summed E-state index contributed by atoms with van der Waals surface area (Å²) >= 11 is 0. The monoisotopic (exact) mass is 393 g/mol. The van der Waals surface area contributed by atoms with Crippen molar-refractivity contribution in [2.75, 3.05) is 13.1 Å². The summed E-state index contributed by atoms with van der Waals surface area (Å²) in [6, 6.07) is 10.4. The van der Waals surface area contributed by atoms with Crippen molar-refractivity contribution in [1.29, 1.82) is 0 Å². The lowest BCUT2D eigenvalue weighted by molar-refractivity contribution is 0.0781. The predicted molar refractivity (Wildman–Crippen MR) is 108 cm³/mol. The van der Waals surface area contributed by atoms with Crippen LogP contribution in [0.5, 0.6) is 0 Å². The normalized spacial score (nSPS) is 27.0. The highest BCUT2D eigenvalue weighted by molar-refractivity contribution is 6.06. The molecule has 1 aliphatic heterocycles. The number of halogens is 2. The SMILES string of the molecule is Cl.Cl.NC1CCC2CN(C(=O)c3cc(C4CC4)nc4ccccc34)CC12. The Morgan fingerprint density at radius 1 is 1.08 bits per heavy atom. The van der Waals surface area contributed by atoms with Gasteiger partial charge in [0.25, 0.3) is 5.91 Å². The van der Waals surface area contributed by atoms with Crippen molar-refractivity contribution in [3.8, 4) is 0 Å². The maximum atomic E-state index is 13.3. The molecule has 1 aromatic heterocycles. The molecule has 2 saturated carbocycles. The number of carbonyl (C=O) groups excluding carboxylic acids is 1. The predicted octanol–water partition coefficient (Wildman–Crippen LogP) is 3.77. The van der Waals surface area contributed by atoms with Gasteiger partial charge in [0.05, 0.1) is 11.1 Å². The van der Waals surface area contributed by atoms with E-state index in [-0.39, 0.29) is 36.8 Å². The fourth-order valence-electron chi connectivity index (χ4n) is 4.60. The van der Waals surface area contributed by atoms with Gasteiger partial charge in [0.1, 0.15) is 0 Å². The summed E-state index contributed by atoms with van der Waals surface area (Å²) in [5, 5.41) is 0.980. The van der Waals surface area contributed by atoms with E-state index in [1.807, 2.05) is 29.2 Å². The maximum absolute atomic E-state index is 13.3. The van der Waals surface area contributed by atoms with Crippen LogP contribution in [0.4, 0.5) is 0 Å². The van der Waals surface area contributed by atoms with Crippen LogP contribution in [0.15, 0.2) is 30.3 Å². The van der Waals surface area contributed by atoms with Gasteiger partial charge in [0.15, 0.2) is 0 Å². The summed E-state index contributed by atoms with van der Waals surface area (Å²) in [6.45, 7) is 1.69. The van der Waals surface area contributed by atoms with Crippen LogP contribution in [0.1, 0.15) is 47.7 Å². The van der Waals surface area contributed by atoms with E-state index in [0.717, 1.165) is 41.7 Å². The van der Waals surface area contributed by atoms with E-state index in [1.54, 1.807) is 0 Å². The summed E-state index contributed by atoms with van der Waals surface area (Å²) in [4.78, 5) is 20.1. The summed E-state index contributed by atoms with van der Waals surface area (Å²) in [6.07, 6.45) is 4.67. The lowest BCUT2D eigenvalue weighted by atomic mass is 9.98. The smallest absolute Gasteiger partial charge is 0.254 e. The second-order valence-electron chi connectivity index (χ2n) is 7.76. The van der Waals surface area contributed by atoms with Crippen LogP contribution in [0.3, 0.4) is 0 Å². The van der Waals surface area contributed by atoms with Gasteiger partial charge in [0, 0.05) is 36.1 Å². The van der Waals surface area contributed by atoms with Crippen molar-refractivity contribution < 1.29 is 4.79 Å². The highest BCUT2D eigenvalue weighted by Gasteiger charge is 2.43. The quantitative estimate of drug-likeness (QED) is 0.844. The van der Waals surface area contributed by atoms with Gasteiger partial charge in [0.2, 0.25) is 0 Å². The molecule has 3 unspecified atom stereocenters. The molecule has 0 radical (unpaired) electrons. The second kappa shape index (κ2) is 7.34. The van der Waals surface area contributed by atoms with Crippen LogP contribution in [0.25, 0.3) is 10.9 Å². The number of fused-ring (bicyclic) bond motifs is 2. The van der Waals surface area contributed by atoms with Crippen LogP contribution in [0, 0.1) is 11.8 Å². The summed E-state index contributed by atoms with van der Waals surface area (Å²) in [7, 11) is 0. The highest BCUT2D eigenvalue weighted by atomic mass is 35.5. The molecule has 5 rings (SSSR count). The number of hydrogen-bond donors (Lipinski definition) is 1. The van der Waals surface area contributed by atoms with Crippen LogP contribution < -0.4 is 5.73 Å². The molecule has 2 aromatic rings. The number of likely N-dealkylation sites (tertiary alicyclic amines) is 1. The molecule has 140 valence electrons. The Hall–Kier alpha value is -1.36. The van der Waals surface area contributed by atoms with Crippen molar-refractivity contribution in [2.24, 2.45) is 17.6 Å². The third-order valence-electron chi connectivity index (χ3n) is 6.16. The third kappa shape index (κ3) is 3.19. The van der Waals surface area contributed by atoms with Gasteiger partial charge in [-0.15, -0.1) is 24.8 Å². The van der Waals surface area contributed by atoms with E-state index in [9.17, 15) is 4.79 Å². The summed E-state index contributed by atoms with van der Waals surface area (Å²) in [5.74, 6) is 1.80. The van der Waals surface area contributed by atoms with Gasteiger partial charge in [-0.2, -0.15) is 0 Å². The van der Waals surface area contributed by atoms with E-state index >= 15 is 0 Å². The highest BCUT2D eigenvalue weighted by Crippen LogP contribution is 2.41. The molecule has 3 aliphatic rings. The Labute approximate surface area is 166 Å². The average Bonchev–Trinajstić information content (AvgIpc) is 3.28. The number of aromatic nitrogens is 1. The van der Waals surface area contributed by atoms with Gasteiger partial charge in [-0.25, -0.2) is 0 Å². The molecule has 3 atom stereocenters. The molecule has 2 N–H and O–H groups in total. The molecule has 4 nitrogen and oxygen atoms in total. The molecule has 1 amide bonds. The zero-order valence-corrected chi connectivity index (χ0v) is 16.3. The second-order valence-corrected chi connectivity index (χ2v) is 7.76. The van der Waals surface area contributed by atoms with Crippen LogP contribution >= 0.6 is 24.8 Å². The van der Waals surface area contributed by atoms with Crippen LogP contribution in [-0.2, 0) is 0 Å². The Bertz CT molecular complexity index is 824. The minimum Gasteiger partial charge on any atom is -0.338 e. The number of nitrogens with zero attached hydrogens (tertiary/aromatic N) is 2. The van der Waals surface area contributed by atoms with E-state index in [0.29, 0.717) is 17.8 Å². The number of carbonyl (C=O) groups is 1. The molecule has 3 fully saturated rings. The Morgan fingerprint density at radius 2 is 1.85 bits per heavy atom. The maximum Gasteiger partial charge on any atom is 0.254 e. The molecule has 2 heterocycles. The number of pyridine rings is 1. The first-order chi connectivity index (χ1) is 11.7. The molecular formula is C20H25Cl2N3O. The molecule has 1 aromatic carbocycles. The lowest BCUT2D eigenvalue weighted by Crippen LogP contribution is -2.33. The first kappa shape index (κ1) is 19.4. The number of rotatable bonds is 2. The summed E-state index contributed by atoms with van der Waals surface area (Å²) in [5.41, 5.74) is 9.10.